The van der Waals surface area contributed by atoms with Crippen LogP contribution in [0.5, 0.6) is 11.5 Å². The molecule has 3 aliphatic rings. The maximum atomic E-state index is 11.9. The molecule has 2 heterocycles. The van der Waals surface area contributed by atoms with Crippen LogP contribution in [-0.4, -0.2) is 38.0 Å². The standard InChI is InChI=1S/C18H21NO3/c1-21-16-9-12-4-7-19-8-5-13-10-14(20)3-6-18(13,19)15(12)11-17(16)22-2/h9-11H,3-8H2,1-2H3. The molecule has 1 aliphatic carbocycles. The van der Waals surface area contributed by atoms with E-state index in [1.807, 2.05) is 6.08 Å². The van der Waals surface area contributed by atoms with Crippen LogP contribution >= 0.6 is 0 Å². The van der Waals surface area contributed by atoms with E-state index in [4.69, 9.17) is 9.47 Å². The Hall–Kier alpha value is -1.81. The van der Waals surface area contributed by atoms with Gasteiger partial charge in [0.15, 0.2) is 17.3 Å². The fourth-order valence-electron chi connectivity index (χ4n) is 4.49. The van der Waals surface area contributed by atoms with Crippen molar-refractivity contribution in [2.24, 2.45) is 0 Å². The van der Waals surface area contributed by atoms with Gasteiger partial charge < -0.3 is 9.47 Å². The van der Waals surface area contributed by atoms with Crippen LogP contribution in [0, 0.1) is 0 Å². The largest absolute Gasteiger partial charge is 0.493 e. The molecular formula is C18H21NO3. The van der Waals surface area contributed by atoms with Gasteiger partial charge in [-0.1, -0.05) is 0 Å². The van der Waals surface area contributed by atoms with Gasteiger partial charge >= 0.3 is 0 Å². The second kappa shape index (κ2) is 4.85. The summed E-state index contributed by atoms with van der Waals surface area (Å²) in [4.78, 5) is 14.4. The van der Waals surface area contributed by atoms with Gasteiger partial charge in [-0.2, -0.15) is 0 Å². The Labute approximate surface area is 130 Å². The number of benzene rings is 1. The molecule has 1 unspecified atom stereocenters. The summed E-state index contributed by atoms with van der Waals surface area (Å²) in [5.41, 5.74) is 3.85. The normalized spacial score (nSPS) is 26.8. The molecule has 0 aromatic heterocycles. The Balaban J connectivity index is 1.94. The van der Waals surface area contributed by atoms with Crippen LogP contribution in [0.15, 0.2) is 23.8 Å². The molecule has 1 saturated heterocycles. The minimum Gasteiger partial charge on any atom is -0.493 e. The Bertz CT molecular complexity index is 679. The van der Waals surface area contributed by atoms with E-state index in [1.165, 1.54) is 16.7 Å². The molecule has 1 atom stereocenters. The number of allylic oxidation sites excluding steroid dienone is 1. The molecule has 1 spiro atoms. The van der Waals surface area contributed by atoms with Gasteiger partial charge in [-0.3, -0.25) is 9.69 Å². The minimum atomic E-state index is -0.0823. The number of ketones is 1. The molecular weight excluding hydrogens is 278 g/mol. The molecule has 4 nitrogen and oxygen atoms in total. The second-order valence-electron chi connectivity index (χ2n) is 6.35. The first-order valence-electron chi connectivity index (χ1n) is 7.93. The van der Waals surface area contributed by atoms with Crippen molar-refractivity contribution in [1.82, 2.24) is 4.90 Å². The summed E-state index contributed by atoms with van der Waals surface area (Å²) in [5, 5.41) is 0. The Morgan fingerprint density at radius 3 is 2.55 bits per heavy atom. The van der Waals surface area contributed by atoms with Crippen molar-refractivity contribution in [3.8, 4) is 11.5 Å². The fraction of sp³-hybridized carbons (Fsp3) is 0.500. The fourth-order valence-corrected chi connectivity index (χ4v) is 4.49. The first-order chi connectivity index (χ1) is 10.7. The van der Waals surface area contributed by atoms with Gasteiger partial charge in [0.2, 0.25) is 0 Å². The van der Waals surface area contributed by atoms with E-state index < -0.39 is 0 Å². The summed E-state index contributed by atoms with van der Waals surface area (Å²) in [7, 11) is 3.36. The lowest BCUT2D eigenvalue weighted by molar-refractivity contribution is -0.115. The lowest BCUT2D eigenvalue weighted by atomic mass is 9.71. The van der Waals surface area contributed by atoms with Crippen molar-refractivity contribution in [3.05, 3.63) is 34.9 Å². The van der Waals surface area contributed by atoms with Crippen molar-refractivity contribution < 1.29 is 14.3 Å². The highest BCUT2D eigenvalue weighted by Crippen LogP contribution is 2.53. The molecule has 0 bridgehead atoms. The number of ether oxygens (including phenoxy) is 2. The molecule has 0 radical (unpaired) electrons. The highest BCUT2D eigenvalue weighted by atomic mass is 16.5. The minimum absolute atomic E-state index is 0.0823. The number of hydrogen-bond acceptors (Lipinski definition) is 4. The summed E-state index contributed by atoms with van der Waals surface area (Å²) in [6, 6.07) is 4.25. The Morgan fingerprint density at radius 2 is 1.77 bits per heavy atom. The molecule has 116 valence electrons. The van der Waals surface area contributed by atoms with Crippen LogP contribution < -0.4 is 9.47 Å². The van der Waals surface area contributed by atoms with Gasteiger partial charge in [0.05, 0.1) is 19.8 Å². The SMILES string of the molecule is COc1cc2c(cc1OC)C13CCC(=O)C=C1CCN3CC2. The maximum Gasteiger partial charge on any atom is 0.161 e. The predicted octanol–water partition coefficient (Wildman–Crippen LogP) is 2.45. The summed E-state index contributed by atoms with van der Waals surface area (Å²) >= 11 is 0. The summed E-state index contributed by atoms with van der Waals surface area (Å²) in [6.07, 6.45) is 5.45. The number of fused-ring (bicyclic) bond motifs is 1. The third kappa shape index (κ3) is 1.70. The van der Waals surface area contributed by atoms with E-state index >= 15 is 0 Å². The average molecular weight is 299 g/mol. The predicted molar refractivity (Wildman–Crippen MR) is 83.4 cm³/mol. The third-order valence-corrected chi connectivity index (χ3v) is 5.50. The van der Waals surface area contributed by atoms with Gasteiger partial charge in [-0.05, 0) is 54.2 Å². The van der Waals surface area contributed by atoms with E-state index in [9.17, 15) is 4.79 Å². The Kier molecular flexibility index (Phi) is 3.05. The molecule has 2 aliphatic heterocycles. The van der Waals surface area contributed by atoms with Crippen LogP contribution in [0.4, 0.5) is 0 Å². The third-order valence-electron chi connectivity index (χ3n) is 5.50. The molecule has 1 aromatic carbocycles. The molecule has 0 saturated carbocycles. The number of carbonyl (C=O) groups excluding carboxylic acids is 1. The van der Waals surface area contributed by atoms with E-state index in [0.29, 0.717) is 6.42 Å². The van der Waals surface area contributed by atoms with Crippen molar-refractivity contribution in [2.45, 2.75) is 31.2 Å². The van der Waals surface area contributed by atoms with Crippen molar-refractivity contribution in [1.29, 1.82) is 0 Å². The van der Waals surface area contributed by atoms with Crippen molar-refractivity contribution in [2.75, 3.05) is 27.3 Å². The van der Waals surface area contributed by atoms with Crippen LogP contribution in [0.1, 0.15) is 30.4 Å². The van der Waals surface area contributed by atoms with E-state index in [0.717, 1.165) is 43.9 Å². The summed E-state index contributed by atoms with van der Waals surface area (Å²) in [5.74, 6) is 1.84. The molecule has 4 heteroatoms. The molecule has 1 aromatic rings. The molecule has 1 fully saturated rings. The monoisotopic (exact) mass is 299 g/mol. The second-order valence-corrected chi connectivity index (χ2v) is 6.35. The zero-order valence-corrected chi connectivity index (χ0v) is 13.1. The number of rotatable bonds is 2. The number of hydrogen-bond donors (Lipinski definition) is 0. The van der Waals surface area contributed by atoms with Crippen LogP contribution in [-0.2, 0) is 16.8 Å². The van der Waals surface area contributed by atoms with Gasteiger partial charge in [0.1, 0.15) is 0 Å². The summed E-state index contributed by atoms with van der Waals surface area (Å²) < 4.78 is 11.0. The first kappa shape index (κ1) is 13.8. The number of carbonyl (C=O) groups is 1. The van der Waals surface area contributed by atoms with Crippen molar-refractivity contribution >= 4 is 5.78 Å². The van der Waals surface area contributed by atoms with Gasteiger partial charge in [-0.25, -0.2) is 0 Å². The average Bonchev–Trinajstić information content (AvgIpc) is 2.92. The van der Waals surface area contributed by atoms with Crippen LogP contribution in [0.2, 0.25) is 0 Å². The van der Waals surface area contributed by atoms with E-state index in [-0.39, 0.29) is 11.3 Å². The van der Waals surface area contributed by atoms with Gasteiger partial charge in [0, 0.05) is 19.5 Å². The zero-order valence-electron chi connectivity index (χ0n) is 13.1. The maximum absolute atomic E-state index is 11.9. The van der Waals surface area contributed by atoms with Crippen molar-refractivity contribution in [3.63, 3.8) is 0 Å². The van der Waals surface area contributed by atoms with Crippen LogP contribution in [0.3, 0.4) is 0 Å². The quantitative estimate of drug-likeness (QED) is 0.841. The molecule has 4 rings (SSSR count). The van der Waals surface area contributed by atoms with Gasteiger partial charge in [0.25, 0.3) is 0 Å². The smallest absolute Gasteiger partial charge is 0.161 e. The topological polar surface area (TPSA) is 38.8 Å². The zero-order chi connectivity index (χ0) is 15.3. The molecule has 0 amide bonds. The number of methoxy groups -OCH3 is 2. The highest BCUT2D eigenvalue weighted by molar-refractivity contribution is 5.92. The molecule has 22 heavy (non-hydrogen) atoms. The van der Waals surface area contributed by atoms with E-state index in [2.05, 4.69) is 17.0 Å². The Morgan fingerprint density at radius 1 is 1.05 bits per heavy atom. The van der Waals surface area contributed by atoms with Gasteiger partial charge in [-0.15, -0.1) is 0 Å². The summed E-state index contributed by atoms with van der Waals surface area (Å²) in [6.45, 7) is 2.10. The van der Waals surface area contributed by atoms with E-state index in [1.54, 1.807) is 14.2 Å². The highest BCUT2D eigenvalue weighted by Gasteiger charge is 2.50. The lowest BCUT2D eigenvalue weighted by Gasteiger charge is -2.46. The first-order valence-corrected chi connectivity index (χ1v) is 7.93. The van der Waals surface area contributed by atoms with Crippen LogP contribution in [0.25, 0.3) is 0 Å². The lowest BCUT2D eigenvalue weighted by Crippen LogP contribution is -2.48. The number of nitrogens with zero attached hydrogens (tertiary/aromatic N) is 1. The molecule has 0 N–H and O–H groups in total.